The Bertz CT molecular complexity index is 991. The molecule has 0 bridgehead atoms. The summed E-state index contributed by atoms with van der Waals surface area (Å²) in [5.41, 5.74) is 3.63. The van der Waals surface area contributed by atoms with E-state index >= 15 is 0 Å². The second-order valence-corrected chi connectivity index (χ2v) is 9.26. The van der Waals surface area contributed by atoms with Gasteiger partial charge in [-0.25, -0.2) is 4.99 Å². The van der Waals surface area contributed by atoms with Gasteiger partial charge < -0.3 is 10.1 Å². The Balaban J connectivity index is 1.75. The summed E-state index contributed by atoms with van der Waals surface area (Å²) in [6.45, 7) is 7.69. The first kappa shape index (κ1) is 24.3. The van der Waals surface area contributed by atoms with E-state index in [4.69, 9.17) is 21.3 Å². The normalized spacial score (nSPS) is 17.2. The average Bonchev–Trinajstić information content (AvgIpc) is 2.99. The lowest BCUT2D eigenvalue weighted by atomic mass is 10.1. The molecule has 1 heterocycles. The fourth-order valence-electron chi connectivity index (χ4n) is 3.47. The summed E-state index contributed by atoms with van der Waals surface area (Å²) in [6.07, 6.45) is 0.761. The van der Waals surface area contributed by atoms with Gasteiger partial charge >= 0.3 is 0 Å². The molecule has 3 rings (SSSR count). The zero-order valence-corrected chi connectivity index (χ0v) is 20.1. The van der Waals surface area contributed by atoms with Gasteiger partial charge in [-0.2, -0.15) is 0 Å². The van der Waals surface area contributed by atoms with Crippen LogP contribution in [0.15, 0.2) is 47.5 Å². The number of carbonyl (C=O) groups is 2. The monoisotopic (exact) mass is 473 g/mol. The Kier molecular flexibility index (Phi) is 8.73. The van der Waals surface area contributed by atoms with Crippen molar-refractivity contribution in [2.75, 3.05) is 25.1 Å². The van der Waals surface area contributed by atoms with Gasteiger partial charge in [-0.15, -0.1) is 0 Å². The molecule has 8 heteroatoms. The zero-order valence-electron chi connectivity index (χ0n) is 18.6. The summed E-state index contributed by atoms with van der Waals surface area (Å²) in [7, 11) is 0. The van der Waals surface area contributed by atoms with Crippen molar-refractivity contribution < 1.29 is 14.3 Å². The van der Waals surface area contributed by atoms with E-state index in [9.17, 15) is 9.59 Å². The minimum atomic E-state index is -0.522. The highest BCUT2D eigenvalue weighted by Crippen LogP contribution is 2.32. The number of hydrogen-bond acceptors (Lipinski definition) is 5. The Labute approximate surface area is 198 Å². The molecule has 0 saturated carbocycles. The van der Waals surface area contributed by atoms with Gasteiger partial charge in [0.15, 0.2) is 5.17 Å². The maximum atomic E-state index is 13.1. The van der Waals surface area contributed by atoms with Crippen molar-refractivity contribution in [2.45, 2.75) is 38.9 Å². The van der Waals surface area contributed by atoms with Crippen LogP contribution in [-0.4, -0.2) is 46.9 Å². The standard InChI is InChI=1S/C24H28ClN3O3S/c1-4-31-10-6-9-28-23(30)21(15-22(29)26-19-8-5-7-18(25)14-19)32-24(28)27-20-12-16(2)11-17(3)13-20/h5,7-8,11-14,21H,4,6,9-10,15H2,1-3H3,(H,26,29). The molecule has 2 aromatic rings. The highest BCUT2D eigenvalue weighted by atomic mass is 35.5. The Morgan fingerprint density at radius 3 is 2.66 bits per heavy atom. The van der Waals surface area contributed by atoms with E-state index in [1.807, 2.05) is 32.9 Å². The van der Waals surface area contributed by atoms with Gasteiger partial charge in [0.1, 0.15) is 5.25 Å². The van der Waals surface area contributed by atoms with Crippen LogP contribution in [0.4, 0.5) is 11.4 Å². The molecule has 170 valence electrons. The number of benzene rings is 2. The molecule has 0 radical (unpaired) electrons. The first-order chi connectivity index (χ1) is 15.4. The Morgan fingerprint density at radius 2 is 1.97 bits per heavy atom. The fraction of sp³-hybridized carbons (Fsp3) is 0.375. The summed E-state index contributed by atoms with van der Waals surface area (Å²) in [5, 5.41) is 3.46. The van der Waals surface area contributed by atoms with Crippen LogP contribution in [0.2, 0.25) is 5.02 Å². The number of nitrogens with zero attached hydrogens (tertiary/aromatic N) is 2. The van der Waals surface area contributed by atoms with Crippen LogP contribution in [0.5, 0.6) is 0 Å². The van der Waals surface area contributed by atoms with E-state index in [1.54, 1.807) is 29.2 Å². The number of halogens is 1. The highest BCUT2D eigenvalue weighted by molar-refractivity contribution is 8.15. The van der Waals surface area contributed by atoms with Gasteiger partial charge in [-0.05, 0) is 68.7 Å². The summed E-state index contributed by atoms with van der Waals surface area (Å²) in [4.78, 5) is 32.2. The van der Waals surface area contributed by atoms with Crippen molar-refractivity contribution in [1.29, 1.82) is 0 Å². The van der Waals surface area contributed by atoms with Crippen molar-refractivity contribution in [3.8, 4) is 0 Å². The first-order valence-electron chi connectivity index (χ1n) is 10.6. The lowest BCUT2D eigenvalue weighted by molar-refractivity contribution is -0.128. The Hall–Kier alpha value is -2.35. The van der Waals surface area contributed by atoms with Crippen molar-refractivity contribution in [1.82, 2.24) is 4.90 Å². The molecule has 0 aromatic heterocycles. The van der Waals surface area contributed by atoms with E-state index in [1.165, 1.54) is 11.8 Å². The van der Waals surface area contributed by atoms with E-state index in [0.29, 0.717) is 42.1 Å². The third-order valence-electron chi connectivity index (χ3n) is 4.80. The zero-order chi connectivity index (χ0) is 23.1. The number of rotatable bonds is 9. The van der Waals surface area contributed by atoms with E-state index < -0.39 is 5.25 Å². The molecule has 1 aliphatic rings. The number of carbonyl (C=O) groups excluding carboxylic acids is 2. The van der Waals surface area contributed by atoms with E-state index in [-0.39, 0.29) is 18.2 Å². The molecule has 6 nitrogen and oxygen atoms in total. The first-order valence-corrected chi connectivity index (χ1v) is 11.9. The third kappa shape index (κ3) is 6.82. The maximum absolute atomic E-state index is 13.1. The van der Waals surface area contributed by atoms with Crippen LogP contribution in [-0.2, 0) is 14.3 Å². The van der Waals surface area contributed by atoms with Crippen molar-refractivity contribution in [3.05, 3.63) is 58.6 Å². The van der Waals surface area contributed by atoms with E-state index in [2.05, 4.69) is 11.4 Å². The van der Waals surface area contributed by atoms with Gasteiger partial charge in [0.2, 0.25) is 11.8 Å². The quantitative estimate of drug-likeness (QED) is 0.499. The summed E-state index contributed by atoms with van der Waals surface area (Å²) < 4.78 is 5.42. The topological polar surface area (TPSA) is 71.0 Å². The van der Waals surface area contributed by atoms with Crippen molar-refractivity contribution >= 4 is 51.7 Å². The minimum absolute atomic E-state index is 0.0594. The lowest BCUT2D eigenvalue weighted by Crippen LogP contribution is -2.34. The van der Waals surface area contributed by atoms with Gasteiger partial charge in [0, 0.05) is 36.9 Å². The minimum Gasteiger partial charge on any atom is -0.382 e. The second-order valence-electron chi connectivity index (χ2n) is 7.65. The smallest absolute Gasteiger partial charge is 0.242 e. The molecule has 0 spiro atoms. The molecule has 2 amide bonds. The molecule has 1 fully saturated rings. The number of anilines is 1. The highest BCUT2D eigenvalue weighted by Gasteiger charge is 2.38. The number of nitrogens with one attached hydrogen (secondary N) is 1. The van der Waals surface area contributed by atoms with Gasteiger partial charge in [0.05, 0.1) is 5.69 Å². The molecular weight excluding hydrogens is 446 g/mol. The summed E-state index contributed by atoms with van der Waals surface area (Å²) in [5.74, 6) is -0.337. The summed E-state index contributed by atoms with van der Waals surface area (Å²) >= 11 is 7.33. The number of thioether (sulfide) groups is 1. The van der Waals surface area contributed by atoms with Gasteiger partial charge in [-0.1, -0.05) is 35.5 Å². The van der Waals surface area contributed by atoms with Crippen LogP contribution in [0.3, 0.4) is 0 Å². The van der Waals surface area contributed by atoms with Crippen LogP contribution >= 0.6 is 23.4 Å². The lowest BCUT2D eigenvalue weighted by Gasteiger charge is -2.16. The number of amidine groups is 1. The number of hydrogen-bond donors (Lipinski definition) is 1. The molecule has 1 N–H and O–H groups in total. The maximum Gasteiger partial charge on any atom is 0.242 e. The summed E-state index contributed by atoms with van der Waals surface area (Å²) in [6, 6.07) is 13.0. The molecule has 1 unspecified atom stereocenters. The number of aliphatic imine (C=N–C) groups is 1. The molecule has 1 aliphatic heterocycles. The van der Waals surface area contributed by atoms with Crippen LogP contribution in [0.25, 0.3) is 0 Å². The van der Waals surface area contributed by atoms with E-state index in [0.717, 1.165) is 16.8 Å². The van der Waals surface area contributed by atoms with Gasteiger partial charge in [0.25, 0.3) is 0 Å². The number of amides is 2. The second kappa shape index (κ2) is 11.5. The van der Waals surface area contributed by atoms with Crippen LogP contribution < -0.4 is 5.32 Å². The van der Waals surface area contributed by atoms with Crippen molar-refractivity contribution in [3.63, 3.8) is 0 Å². The predicted octanol–water partition coefficient (Wildman–Crippen LogP) is 5.34. The average molecular weight is 474 g/mol. The molecule has 32 heavy (non-hydrogen) atoms. The molecule has 1 atom stereocenters. The number of aryl methyl sites for hydroxylation is 2. The molecule has 2 aromatic carbocycles. The predicted molar refractivity (Wildman–Crippen MR) is 132 cm³/mol. The molecular formula is C24H28ClN3O3S. The molecule has 1 saturated heterocycles. The fourth-order valence-corrected chi connectivity index (χ4v) is 4.85. The SMILES string of the molecule is CCOCCCN1C(=O)C(CC(=O)Nc2cccc(Cl)c2)SC1=Nc1cc(C)cc(C)c1. The number of ether oxygens (including phenoxy) is 1. The van der Waals surface area contributed by atoms with Crippen LogP contribution in [0, 0.1) is 13.8 Å². The van der Waals surface area contributed by atoms with Crippen molar-refractivity contribution in [2.24, 2.45) is 4.99 Å². The largest absolute Gasteiger partial charge is 0.382 e. The van der Waals surface area contributed by atoms with Crippen LogP contribution in [0.1, 0.15) is 30.9 Å². The third-order valence-corrected chi connectivity index (χ3v) is 6.22. The Morgan fingerprint density at radius 1 is 1.22 bits per heavy atom. The molecule has 0 aliphatic carbocycles. The van der Waals surface area contributed by atoms with Gasteiger partial charge in [-0.3, -0.25) is 14.5 Å².